The summed E-state index contributed by atoms with van der Waals surface area (Å²) in [6.07, 6.45) is 2.13. The number of hydrogen-bond acceptors (Lipinski definition) is 3. The Hall–Kier alpha value is -2.22. The van der Waals surface area contributed by atoms with Crippen LogP contribution in [0.4, 0.5) is 4.39 Å². The molecule has 1 aromatic carbocycles. The average Bonchev–Trinajstić information content (AvgIpc) is 3.31. The molecule has 1 unspecified atom stereocenters. The molecule has 0 radical (unpaired) electrons. The molecule has 1 aromatic heterocycles. The number of benzene rings is 1. The van der Waals surface area contributed by atoms with Crippen LogP contribution >= 0.6 is 15.9 Å². The Morgan fingerprint density at radius 1 is 1.38 bits per heavy atom. The van der Waals surface area contributed by atoms with Crippen molar-refractivity contribution in [2.24, 2.45) is 0 Å². The van der Waals surface area contributed by atoms with Gasteiger partial charge in [0.1, 0.15) is 5.82 Å². The standard InChI is InChI=1S/C16H15BrFN3O3/c17-12-13(9-1-2-9)20-21-14(12)15(22)19-7-11(16(23)24)8-3-5-10(18)6-4-8/h3-6,9,11H,1-2,7H2,(H,19,22)(H,20,21)(H,23,24). The number of rotatable bonds is 6. The Balaban J connectivity index is 1.69. The van der Waals surface area contributed by atoms with Gasteiger partial charge in [0.15, 0.2) is 5.69 Å². The van der Waals surface area contributed by atoms with Crippen molar-refractivity contribution in [3.63, 3.8) is 0 Å². The summed E-state index contributed by atoms with van der Waals surface area (Å²) in [4.78, 5) is 23.7. The minimum absolute atomic E-state index is 0.113. The van der Waals surface area contributed by atoms with Crippen LogP contribution in [0, 0.1) is 5.82 Å². The zero-order valence-electron chi connectivity index (χ0n) is 12.6. The second kappa shape index (κ2) is 6.72. The summed E-state index contributed by atoms with van der Waals surface area (Å²) >= 11 is 3.37. The van der Waals surface area contributed by atoms with Gasteiger partial charge in [-0.2, -0.15) is 5.10 Å². The predicted molar refractivity (Wildman–Crippen MR) is 87.4 cm³/mol. The number of aliphatic carboxylic acids is 1. The molecule has 0 aliphatic heterocycles. The minimum Gasteiger partial charge on any atom is -0.481 e. The molecule has 1 atom stereocenters. The molecule has 24 heavy (non-hydrogen) atoms. The topological polar surface area (TPSA) is 95.1 Å². The Morgan fingerprint density at radius 2 is 2.04 bits per heavy atom. The molecule has 0 spiro atoms. The van der Waals surface area contributed by atoms with Gasteiger partial charge in [-0.25, -0.2) is 4.39 Å². The number of aromatic nitrogens is 2. The lowest BCUT2D eigenvalue weighted by atomic mass is 9.99. The van der Waals surface area contributed by atoms with E-state index < -0.39 is 23.6 Å². The molecular formula is C16H15BrFN3O3. The van der Waals surface area contributed by atoms with E-state index in [0.717, 1.165) is 18.5 Å². The zero-order valence-corrected chi connectivity index (χ0v) is 14.1. The summed E-state index contributed by atoms with van der Waals surface area (Å²) in [5.74, 6) is -2.56. The Bertz CT molecular complexity index is 771. The quantitative estimate of drug-likeness (QED) is 0.700. The van der Waals surface area contributed by atoms with Crippen LogP contribution in [0.2, 0.25) is 0 Å². The normalized spacial score (nSPS) is 15.1. The van der Waals surface area contributed by atoms with Gasteiger partial charge < -0.3 is 10.4 Å². The number of H-pyrrole nitrogens is 1. The van der Waals surface area contributed by atoms with Gasteiger partial charge in [0.25, 0.3) is 5.91 Å². The third-order valence-corrected chi connectivity index (χ3v) is 4.77. The second-order valence-electron chi connectivity index (χ2n) is 5.73. The van der Waals surface area contributed by atoms with Gasteiger partial charge in [0, 0.05) is 12.5 Å². The van der Waals surface area contributed by atoms with E-state index in [4.69, 9.17) is 0 Å². The van der Waals surface area contributed by atoms with Crippen molar-refractivity contribution in [3.8, 4) is 0 Å². The van der Waals surface area contributed by atoms with Gasteiger partial charge >= 0.3 is 5.97 Å². The fraction of sp³-hybridized carbons (Fsp3) is 0.312. The maximum Gasteiger partial charge on any atom is 0.312 e. The number of carboxylic acids is 1. The first-order valence-corrected chi connectivity index (χ1v) is 8.27. The molecular weight excluding hydrogens is 381 g/mol. The minimum atomic E-state index is -1.10. The summed E-state index contributed by atoms with van der Waals surface area (Å²) in [6, 6.07) is 5.19. The summed E-state index contributed by atoms with van der Waals surface area (Å²) in [5.41, 5.74) is 1.53. The molecule has 0 bridgehead atoms. The average molecular weight is 396 g/mol. The van der Waals surface area contributed by atoms with Gasteiger partial charge in [-0.05, 0) is 46.5 Å². The highest BCUT2D eigenvalue weighted by molar-refractivity contribution is 9.10. The lowest BCUT2D eigenvalue weighted by Gasteiger charge is -2.13. The molecule has 3 N–H and O–H groups in total. The predicted octanol–water partition coefficient (Wildman–Crippen LogP) is 2.79. The van der Waals surface area contributed by atoms with Gasteiger partial charge in [-0.1, -0.05) is 12.1 Å². The van der Waals surface area contributed by atoms with E-state index >= 15 is 0 Å². The highest BCUT2D eigenvalue weighted by atomic mass is 79.9. The van der Waals surface area contributed by atoms with E-state index in [2.05, 4.69) is 31.4 Å². The molecule has 3 rings (SSSR count). The summed E-state index contributed by atoms with van der Waals surface area (Å²) in [6.45, 7) is -0.113. The van der Waals surface area contributed by atoms with Crippen LogP contribution in [0.15, 0.2) is 28.7 Å². The number of carboxylic acid groups (broad SMARTS) is 1. The molecule has 1 aliphatic carbocycles. The Labute approximate surface area is 145 Å². The van der Waals surface area contributed by atoms with Crippen molar-refractivity contribution in [1.29, 1.82) is 0 Å². The van der Waals surface area contributed by atoms with Crippen molar-refractivity contribution in [2.45, 2.75) is 24.7 Å². The van der Waals surface area contributed by atoms with Crippen molar-refractivity contribution in [2.75, 3.05) is 6.54 Å². The fourth-order valence-corrected chi connectivity index (χ4v) is 3.14. The van der Waals surface area contributed by atoms with Crippen LogP contribution in [0.5, 0.6) is 0 Å². The number of nitrogens with zero attached hydrogens (tertiary/aromatic N) is 1. The fourth-order valence-electron chi connectivity index (χ4n) is 2.46. The van der Waals surface area contributed by atoms with E-state index in [-0.39, 0.29) is 12.2 Å². The summed E-state index contributed by atoms with van der Waals surface area (Å²) < 4.78 is 13.6. The zero-order chi connectivity index (χ0) is 17.3. The molecule has 1 amide bonds. The number of carbonyl (C=O) groups excluding carboxylic acids is 1. The van der Waals surface area contributed by atoms with Gasteiger partial charge in [-0.15, -0.1) is 0 Å². The molecule has 1 fully saturated rings. The van der Waals surface area contributed by atoms with Crippen LogP contribution in [0.3, 0.4) is 0 Å². The first kappa shape index (κ1) is 16.6. The maximum atomic E-state index is 13.0. The van der Waals surface area contributed by atoms with Crippen molar-refractivity contribution in [3.05, 3.63) is 51.5 Å². The van der Waals surface area contributed by atoms with E-state index in [1.165, 1.54) is 24.3 Å². The summed E-state index contributed by atoms with van der Waals surface area (Å²) in [7, 11) is 0. The first-order valence-electron chi connectivity index (χ1n) is 7.47. The lowest BCUT2D eigenvalue weighted by molar-refractivity contribution is -0.138. The van der Waals surface area contributed by atoms with Crippen LogP contribution in [0.1, 0.15) is 46.4 Å². The Kier molecular flexibility index (Phi) is 4.66. The molecule has 6 nitrogen and oxygen atoms in total. The van der Waals surface area contributed by atoms with Crippen LogP contribution in [-0.4, -0.2) is 33.7 Å². The molecule has 1 heterocycles. The number of nitrogens with one attached hydrogen (secondary N) is 2. The summed E-state index contributed by atoms with van der Waals surface area (Å²) in [5, 5.41) is 18.8. The van der Waals surface area contributed by atoms with Crippen LogP contribution < -0.4 is 5.32 Å². The number of halogens is 2. The molecule has 2 aromatic rings. The molecule has 8 heteroatoms. The molecule has 1 aliphatic rings. The van der Waals surface area contributed by atoms with E-state index in [9.17, 15) is 19.1 Å². The first-order chi connectivity index (χ1) is 11.5. The van der Waals surface area contributed by atoms with E-state index in [1.807, 2.05) is 0 Å². The number of hydrogen-bond donors (Lipinski definition) is 3. The smallest absolute Gasteiger partial charge is 0.312 e. The molecule has 1 saturated carbocycles. The van der Waals surface area contributed by atoms with E-state index in [0.29, 0.717) is 16.0 Å². The van der Waals surface area contributed by atoms with Gasteiger partial charge in [-0.3, -0.25) is 14.7 Å². The van der Waals surface area contributed by atoms with Crippen LogP contribution in [-0.2, 0) is 4.79 Å². The third-order valence-electron chi connectivity index (χ3n) is 3.97. The third kappa shape index (κ3) is 3.48. The van der Waals surface area contributed by atoms with Crippen molar-refractivity contribution < 1.29 is 19.1 Å². The van der Waals surface area contributed by atoms with Gasteiger partial charge in [0.05, 0.1) is 16.1 Å². The van der Waals surface area contributed by atoms with Crippen molar-refractivity contribution in [1.82, 2.24) is 15.5 Å². The number of aromatic amines is 1. The van der Waals surface area contributed by atoms with Gasteiger partial charge in [0.2, 0.25) is 0 Å². The molecule has 126 valence electrons. The van der Waals surface area contributed by atoms with Crippen LogP contribution in [0.25, 0.3) is 0 Å². The van der Waals surface area contributed by atoms with E-state index in [1.54, 1.807) is 0 Å². The highest BCUT2D eigenvalue weighted by Crippen LogP contribution is 2.42. The lowest BCUT2D eigenvalue weighted by Crippen LogP contribution is -2.32. The highest BCUT2D eigenvalue weighted by Gasteiger charge is 2.31. The molecule has 0 saturated heterocycles. The largest absolute Gasteiger partial charge is 0.481 e. The second-order valence-corrected chi connectivity index (χ2v) is 6.52. The number of carbonyl (C=O) groups is 2. The monoisotopic (exact) mass is 395 g/mol. The maximum absolute atomic E-state index is 13.0. The SMILES string of the molecule is O=C(NCC(C(=O)O)c1ccc(F)cc1)c1n[nH]c(C2CC2)c1Br. The van der Waals surface area contributed by atoms with Crippen molar-refractivity contribution >= 4 is 27.8 Å². The Morgan fingerprint density at radius 3 is 2.62 bits per heavy atom. The number of amides is 1.